The number of ether oxygens (including phenoxy) is 1. The van der Waals surface area contributed by atoms with Gasteiger partial charge in [-0.3, -0.25) is 14.9 Å². The van der Waals surface area contributed by atoms with Gasteiger partial charge in [-0.2, -0.15) is 4.98 Å². The van der Waals surface area contributed by atoms with Crippen LogP contribution in [-0.4, -0.2) is 21.6 Å². The standard InChI is InChI=1S/C15H15N3O4/c1-22-9-10-4-2-3-7-17-13-6-5-11(18(20)21)8-12(13)15(19)16-14(10)17/h5-6,8-9H,2-4,7H2,1H3. The van der Waals surface area contributed by atoms with E-state index in [1.807, 2.05) is 4.57 Å². The van der Waals surface area contributed by atoms with Crippen LogP contribution < -0.4 is 5.56 Å². The number of aromatic nitrogens is 2. The molecular weight excluding hydrogens is 286 g/mol. The molecule has 0 saturated carbocycles. The van der Waals surface area contributed by atoms with Crippen LogP contribution >= 0.6 is 0 Å². The van der Waals surface area contributed by atoms with Crippen LogP contribution in [0.25, 0.3) is 16.5 Å². The van der Waals surface area contributed by atoms with Crippen LogP contribution in [0.3, 0.4) is 0 Å². The number of nitro benzene ring substituents is 1. The maximum atomic E-state index is 12.3. The summed E-state index contributed by atoms with van der Waals surface area (Å²) in [6.45, 7) is 0.720. The van der Waals surface area contributed by atoms with Gasteiger partial charge in [0.25, 0.3) is 11.2 Å². The first-order valence-corrected chi connectivity index (χ1v) is 7.03. The van der Waals surface area contributed by atoms with Crippen molar-refractivity contribution in [3.05, 3.63) is 50.8 Å². The molecule has 0 saturated heterocycles. The number of benzene rings is 1. The van der Waals surface area contributed by atoms with Crippen molar-refractivity contribution in [2.24, 2.45) is 0 Å². The van der Waals surface area contributed by atoms with Crippen molar-refractivity contribution >= 4 is 22.2 Å². The molecule has 114 valence electrons. The van der Waals surface area contributed by atoms with Crippen molar-refractivity contribution in [1.29, 1.82) is 0 Å². The summed E-state index contributed by atoms with van der Waals surface area (Å²) < 4.78 is 7.03. The third kappa shape index (κ3) is 2.34. The summed E-state index contributed by atoms with van der Waals surface area (Å²) >= 11 is 0. The number of rotatable bonds is 2. The summed E-state index contributed by atoms with van der Waals surface area (Å²) in [6, 6.07) is 4.33. The predicted octanol–water partition coefficient (Wildman–Crippen LogP) is 2.48. The Bertz CT molecular complexity index is 839. The molecular formula is C15H15N3O4. The number of aryl methyl sites for hydroxylation is 1. The van der Waals surface area contributed by atoms with Crippen LogP contribution in [0.15, 0.2) is 29.3 Å². The Morgan fingerprint density at radius 3 is 2.95 bits per heavy atom. The van der Waals surface area contributed by atoms with Crippen molar-refractivity contribution in [2.45, 2.75) is 25.8 Å². The number of methoxy groups -OCH3 is 1. The number of fused-ring (bicyclic) bond motifs is 3. The van der Waals surface area contributed by atoms with E-state index in [0.717, 1.165) is 31.4 Å². The van der Waals surface area contributed by atoms with Crippen LogP contribution in [-0.2, 0) is 11.3 Å². The second-order valence-corrected chi connectivity index (χ2v) is 5.19. The molecule has 0 aliphatic carbocycles. The predicted molar refractivity (Wildman–Crippen MR) is 81.5 cm³/mol. The Balaban J connectivity index is 2.32. The number of non-ortho nitro benzene ring substituents is 1. The van der Waals surface area contributed by atoms with Crippen molar-refractivity contribution in [2.75, 3.05) is 7.11 Å². The first kappa shape index (κ1) is 14.2. The molecule has 0 atom stereocenters. The lowest BCUT2D eigenvalue weighted by atomic mass is 10.1. The van der Waals surface area contributed by atoms with E-state index in [2.05, 4.69) is 4.98 Å². The van der Waals surface area contributed by atoms with Crippen molar-refractivity contribution in [3.8, 4) is 0 Å². The van der Waals surface area contributed by atoms with E-state index in [1.54, 1.807) is 19.4 Å². The van der Waals surface area contributed by atoms with E-state index in [0.29, 0.717) is 11.3 Å². The maximum Gasteiger partial charge on any atom is 0.281 e. The molecule has 7 nitrogen and oxygen atoms in total. The molecule has 0 radical (unpaired) electrons. The smallest absolute Gasteiger partial charge is 0.281 e. The van der Waals surface area contributed by atoms with E-state index in [4.69, 9.17) is 4.74 Å². The van der Waals surface area contributed by atoms with E-state index in [1.165, 1.54) is 12.1 Å². The lowest BCUT2D eigenvalue weighted by molar-refractivity contribution is -0.384. The number of hydrogen-bond acceptors (Lipinski definition) is 5. The Morgan fingerprint density at radius 1 is 1.41 bits per heavy atom. The fourth-order valence-electron chi connectivity index (χ4n) is 2.80. The molecule has 2 heterocycles. The minimum atomic E-state index is -0.508. The molecule has 0 spiro atoms. The first-order valence-electron chi connectivity index (χ1n) is 7.03. The van der Waals surface area contributed by atoms with Gasteiger partial charge in [-0.25, -0.2) is 0 Å². The van der Waals surface area contributed by atoms with E-state index in [9.17, 15) is 14.9 Å². The first-order chi connectivity index (χ1) is 10.6. The molecule has 22 heavy (non-hydrogen) atoms. The molecule has 1 aliphatic heterocycles. The second kappa shape index (κ2) is 5.59. The zero-order valence-electron chi connectivity index (χ0n) is 12.1. The van der Waals surface area contributed by atoms with E-state index >= 15 is 0 Å². The van der Waals surface area contributed by atoms with Gasteiger partial charge in [0, 0.05) is 24.3 Å². The van der Waals surface area contributed by atoms with Gasteiger partial charge in [0.15, 0.2) is 0 Å². The highest BCUT2D eigenvalue weighted by atomic mass is 16.6. The Morgan fingerprint density at radius 2 is 2.23 bits per heavy atom. The minimum Gasteiger partial charge on any atom is -0.504 e. The van der Waals surface area contributed by atoms with Gasteiger partial charge in [-0.1, -0.05) is 0 Å². The molecule has 0 bridgehead atoms. The topological polar surface area (TPSA) is 87.3 Å². The quantitative estimate of drug-likeness (QED) is 0.483. The average molecular weight is 301 g/mol. The van der Waals surface area contributed by atoms with Crippen LogP contribution in [0, 0.1) is 10.1 Å². The number of nitro groups is 1. The minimum absolute atomic E-state index is 0.103. The summed E-state index contributed by atoms with van der Waals surface area (Å²) in [5.41, 5.74) is 0.990. The van der Waals surface area contributed by atoms with Gasteiger partial charge >= 0.3 is 0 Å². The summed E-state index contributed by atoms with van der Waals surface area (Å²) in [7, 11) is 1.56. The molecule has 0 N–H and O–H groups in total. The van der Waals surface area contributed by atoms with Crippen LogP contribution in [0.2, 0.25) is 0 Å². The molecule has 2 aromatic rings. The Labute approximate surface area is 126 Å². The highest BCUT2D eigenvalue weighted by molar-refractivity contribution is 5.82. The third-order valence-corrected chi connectivity index (χ3v) is 3.80. The molecule has 0 amide bonds. The fourth-order valence-corrected chi connectivity index (χ4v) is 2.80. The zero-order valence-corrected chi connectivity index (χ0v) is 12.1. The normalized spacial score (nSPS) is 16.3. The van der Waals surface area contributed by atoms with Gasteiger partial charge in [0.05, 0.1) is 29.2 Å². The Hall–Kier alpha value is -2.70. The van der Waals surface area contributed by atoms with E-state index < -0.39 is 10.5 Å². The fraction of sp³-hybridized carbons (Fsp3) is 0.333. The van der Waals surface area contributed by atoms with Gasteiger partial charge in [-0.05, 0) is 25.3 Å². The second-order valence-electron chi connectivity index (χ2n) is 5.19. The molecule has 0 fully saturated rings. The van der Waals surface area contributed by atoms with Gasteiger partial charge in [-0.15, -0.1) is 0 Å². The highest BCUT2D eigenvalue weighted by Gasteiger charge is 2.19. The molecule has 1 aromatic carbocycles. The van der Waals surface area contributed by atoms with Crippen molar-refractivity contribution in [3.63, 3.8) is 0 Å². The average Bonchev–Trinajstić information content (AvgIpc) is 2.70. The lowest BCUT2D eigenvalue weighted by Crippen LogP contribution is -2.18. The van der Waals surface area contributed by atoms with Crippen molar-refractivity contribution < 1.29 is 9.66 Å². The third-order valence-electron chi connectivity index (χ3n) is 3.80. The summed E-state index contributed by atoms with van der Waals surface area (Å²) in [5.74, 6) is 0.589. The van der Waals surface area contributed by atoms with E-state index in [-0.39, 0.29) is 11.1 Å². The monoisotopic (exact) mass is 301 g/mol. The molecule has 3 rings (SSSR count). The van der Waals surface area contributed by atoms with Crippen LogP contribution in [0.1, 0.15) is 25.1 Å². The maximum absolute atomic E-state index is 12.3. The van der Waals surface area contributed by atoms with Crippen LogP contribution in [0.5, 0.6) is 0 Å². The number of nitrogens with zero attached hydrogens (tertiary/aromatic N) is 3. The molecule has 7 heteroatoms. The molecule has 1 aliphatic rings. The van der Waals surface area contributed by atoms with Gasteiger partial charge in [0.1, 0.15) is 5.82 Å². The summed E-state index contributed by atoms with van der Waals surface area (Å²) in [6.07, 6.45) is 4.32. The highest BCUT2D eigenvalue weighted by Crippen LogP contribution is 2.27. The molecule has 0 unspecified atom stereocenters. The van der Waals surface area contributed by atoms with Gasteiger partial charge in [0.2, 0.25) is 0 Å². The number of hydrogen-bond donors (Lipinski definition) is 0. The molecule has 1 aromatic heterocycles. The van der Waals surface area contributed by atoms with Crippen LogP contribution in [0.4, 0.5) is 5.69 Å². The zero-order chi connectivity index (χ0) is 15.7. The Kier molecular flexibility index (Phi) is 3.62. The number of allylic oxidation sites excluding steroid dienone is 1. The SMILES string of the molecule is COC=C1CCCCn2c1nc(=O)c1cc([N+](=O)[O-])ccc12. The largest absolute Gasteiger partial charge is 0.504 e. The summed E-state index contributed by atoms with van der Waals surface area (Å²) in [5, 5.41) is 11.2. The lowest BCUT2D eigenvalue weighted by Gasteiger charge is -2.13. The van der Waals surface area contributed by atoms with Gasteiger partial charge < -0.3 is 9.30 Å². The van der Waals surface area contributed by atoms with Crippen molar-refractivity contribution in [1.82, 2.24) is 9.55 Å². The summed E-state index contributed by atoms with van der Waals surface area (Å²) in [4.78, 5) is 26.8.